The fraction of sp³-hybridized carbons (Fsp3) is 0. The zero-order valence-electron chi connectivity index (χ0n) is 6.22. The minimum absolute atomic E-state index is 0.108. The molecule has 0 amide bonds. The van der Waals surface area contributed by atoms with Gasteiger partial charge in [-0.2, -0.15) is 5.10 Å². The van der Waals surface area contributed by atoms with E-state index in [1.807, 2.05) is 0 Å². The van der Waals surface area contributed by atoms with Gasteiger partial charge in [-0.1, -0.05) is 11.6 Å². The van der Waals surface area contributed by atoms with Gasteiger partial charge in [-0.15, -0.1) is 0 Å². The maximum atomic E-state index is 10.4. The molecular weight excluding hydrogens is 196 g/mol. The molecule has 2 rings (SSSR count). The lowest BCUT2D eigenvalue weighted by molar-refractivity contribution is -0.385. The smallest absolute Gasteiger partial charge is 0.258 e. The Morgan fingerprint density at radius 2 is 2.38 bits per heavy atom. The van der Waals surface area contributed by atoms with Crippen LogP contribution in [0.4, 0.5) is 5.69 Å². The summed E-state index contributed by atoms with van der Waals surface area (Å²) in [4.78, 5) is 13.7. The SMILES string of the molecule is O=[N+]([O-])c1cc(Cl)c2ncnn2c1. The normalized spacial score (nSPS) is 10.5. The molecule has 6 nitrogen and oxygen atoms in total. The number of nitrogens with zero attached hydrogens (tertiary/aromatic N) is 4. The molecule has 0 saturated heterocycles. The fourth-order valence-corrected chi connectivity index (χ4v) is 1.22. The zero-order chi connectivity index (χ0) is 9.42. The highest BCUT2D eigenvalue weighted by Gasteiger charge is 2.11. The van der Waals surface area contributed by atoms with Crippen molar-refractivity contribution in [1.29, 1.82) is 0 Å². The van der Waals surface area contributed by atoms with Crippen LogP contribution < -0.4 is 0 Å². The van der Waals surface area contributed by atoms with Gasteiger partial charge in [-0.05, 0) is 0 Å². The van der Waals surface area contributed by atoms with Crippen molar-refractivity contribution in [3.63, 3.8) is 0 Å². The lowest BCUT2D eigenvalue weighted by Crippen LogP contribution is -1.93. The van der Waals surface area contributed by atoms with Crippen LogP contribution in [0.2, 0.25) is 5.02 Å². The average molecular weight is 199 g/mol. The van der Waals surface area contributed by atoms with Crippen LogP contribution in [0.15, 0.2) is 18.6 Å². The lowest BCUT2D eigenvalue weighted by atomic mass is 10.4. The summed E-state index contributed by atoms with van der Waals surface area (Å²) in [7, 11) is 0. The van der Waals surface area contributed by atoms with Crippen molar-refractivity contribution in [1.82, 2.24) is 14.6 Å². The molecule has 0 aromatic carbocycles. The van der Waals surface area contributed by atoms with Crippen LogP contribution in [0.1, 0.15) is 0 Å². The van der Waals surface area contributed by atoms with Gasteiger partial charge in [-0.25, -0.2) is 9.50 Å². The largest absolute Gasteiger partial charge is 0.289 e. The van der Waals surface area contributed by atoms with Crippen LogP contribution in [0.3, 0.4) is 0 Å². The first kappa shape index (κ1) is 7.93. The van der Waals surface area contributed by atoms with Gasteiger partial charge in [0.15, 0.2) is 5.65 Å². The van der Waals surface area contributed by atoms with E-state index in [1.54, 1.807) is 0 Å². The summed E-state index contributed by atoms with van der Waals surface area (Å²) in [5.41, 5.74) is 0.301. The topological polar surface area (TPSA) is 73.3 Å². The molecule has 0 radical (unpaired) electrons. The van der Waals surface area contributed by atoms with Crippen LogP contribution in [0, 0.1) is 10.1 Å². The van der Waals surface area contributed by atoms with E-state index in [9.17, 15) is 10.1 Å². The monoisotopic (exact) mass is 198 g/mol. The molecule has 2 aromatic heterocycles. The van der Waals surface area contributed by atoms with E-state index in [4.69, 9.17) is 11.6 Å². The van der Waals surface area contributed by atoms with Crippen LogP contribution in [0.5, 0.6) is 0 Å². The van der Waals surface area contributed by atoms with Crippen molar-refractivity contribution in [2.45, 2.75) is 0 Å². The molecule has 2 heterocycles. The van der Waals surface area contributed by atoms with Gasteiger partial charge in [-0.3, -0.25) is 10.1 Å². The zero-order valence-corrected chi connectivity index (χ0v) is 6.97. The molecule has 0 aliphatic heterocycles. The second kappa shape index (κ2) is 2.67. The second-order valence-electron chi connectivity index (χ2n) is 2.33. The molecule has 0 saturated carbocycles. The first-order chi connectivity index (χ1) is 6.18. The highest BCUT2D eigenvalue weighted by atomic mass is 35.5. The molecule has 0 spiro atoms. The van der Waals surface area contributed by atoms with E-state index in [2.05, 4.69) is 10.1 Å². The van der Waals surface area contributed by atoms with Gasteiger partial charge in [0.2, 0.25) is 0 Å². The Balaban J connectivity index is 2.77. The molecule has 0 N–H and O–H groups in total. The van der Waals surface area contributed by atoms with Crippen molar-refractivity contribution >= 4 is 22.9 Å². The molecular formula is C6H3ClN4O2. The molecule has 0 aliphatic carbocycles. The molecule has 66 valence electrons. The Kier molecular flexibility index (Phi) is 1.63. The number of halogens is 1. The van der Waals surface area contributed by atoms with Crippen LogP contribution >= 0.6 is 11.6 Å². The Morgan fingerprint density at radius 1 is 1.62 bits per heavy atom. The van der Waals surface area contributed by atoms with Crippen molar-refractivity contribution < 1.29 is 4.92 Å². The minimum atomic E-state index is -0.535. The number of fused-ring (bicyclic) bond motifs is 1. The number of nitro groups is 1. The van der Waals surface area contributed by atoms with Crippen LogP contribution in [-0.2, 0) is 0 Å². The summed E-state index contributed by atoms with van der Waals surface area (Å²) in [6, 6.07) is 1.24. The highest BCUT2D eigenvalue weighted by molar-refractivity contribution is 6.33. The molecule has 0 bridgehead atoms. The van der Waals surface area contributed by atoms with Gasteiger partial charge in [0, 0.05) is 6.07 Å². The summed E-state index contributed by atoms with van der Waals surface area (Å²) < 4.78 is 1.26. The predicted octanol–water partition coefficient (Wildman–Crippen LogP) is 1.29. The molecule has 0 atom stereocenters. The molecule has 13 heavy (non-hydrogen) atoms. The Labute approximate surface area is 76.9 Å². The van der Waals surface area contributed by atoms with Crippen molar-refractivity contribution in [3.05, 3.63) is 33.7 Å². The first-order valence-corrected chi connectivity index (χ1v) is 3.69. The van der Waals surface area contributed by atoms with Crippen LogP contribution in [0.25, 0.3) is 5.65 Å². The second-order valence-corrected chi connectivity index (χ2v) is 2.74. The van der Waals surface area contributed by atoms with Gasteiger partial charge < -0.3 is 0 Å². The fourth-order valence-electron chi connectivity index (χ4n) is 0.972. The number of pyridine rings is 1. The Bertz CT molecular complexity index is 480. The van der Waals surface area contributed by atoms with E-state index in [0.717, 1.165) is 0 Å². The van der Waals surface area contributed by atoms with Crippen LogP contribution in [-0.4, -0.2) is 19.5 Å². The lowest BCUT2D eigenvalue weighted by Gasteiger charge is -1.94. The van der Waals surface area contributed by atoms with Crippen molar-refractivity contribution in [2.75, 3.05) is 0 Å². The van der Waals surface area contributed by atoms with E-state index in [0.29, 0.717) is 5.65 Å². The summed E-state index contributed by atoms with van der Waals surface area (Å²) in [5, 5.41) is 14.4. The average Bonchev–Trinajstić information content (AvgIpc) is 2.51. The Hall–Kier alpha value is -1.69. The minimum Gasteiger partial charge on any atom is -0.258 e. The summed E-state index contributed by atoms with van der Waals surface area (Å²) in [6.45, 7) is 0. The van der Waals surface area contributed by atoms with E-state index in [-0.39, 0.29) is 10.7 Å². The molecule has 2 aromatic rings. The molecule has 0 unspecified atom stereocenters. The number of rotatable bonds is 1. The third kappa shape index (κ3) is 1.20. The first-order valence-electron chi connectivity index (χ1n) is 3.32. The predicted molar refractivity (Wildman–Crippen MR) is 44.7 cm³/mol. The molecule has 0 aliphatic rings. The van der Waals surface area contributed by atoms with E-state index >= 15 is 0 Å². The standard InChI is InChI=1S/C6H3ClN4O2/c7-5-1-4(11(12)13)2-10-6(5)8-3-9-10/h1-3H. The van der Waals surface area contributed by atoms with Crippen molar-refractivity contribution in [2.24, 2.45) is 0 Å². The number of hydrogen-bond acceptors (Lipinski definition) is 4. The Morgan fingerprint density at radius 3 is 3.08 bits per heavy atom. The maximum Gasteiger partial charge on any atom is 0.289 e. The van der Waals surface area contributed by atoms with E-state index < -0.39 is 4.92 Å². The van der Waals surface area contributed by atoms with Gasteiger partial charge in [0.25, 0.3) is 5.69 Å². The van der Waals surface area contributed by atoms with Crippen molar-refractivity contribution in [3.8, 4) is 0 Å². The number of hydrogen-bond donors (Lipinski definition) is 0. The number of aromatic nitrogens is 3. The summed E-state index contributed by atoms with van der Waals surface area (Å²) in [6.07, 6.45) is 2.54. The third-order valence-corrected chi connectivity index (χ3v) is 1.80. The highest BCUT2D eigenvalue weighted by Crippen LogP contribution is 2.20. The van der Waals surface area contributed by atoms with Gasteiger partial charge in [0.05, 0.1) is 9.95 Å². The summed E-state index contributed by atoms with van der Waals surface area (Å²) in [5.74, 6) is 0. The summed E-state index contributed by atoms with van der Waals surface area (Å²) >= 11 is 5.72. The maximum absolute atomic E-state index is 10.4. The van der Waals surface area contributed by atoms with Gasteiger partial charge in [0.1, 0.15) is 12.5 Å². The third-order valence-electron chi connectivity index (χ3n) is 1.53. The van der Waals surface area contributed by atoms with E-state index in [1.165, 1.54) is 23.1 Å². The molecule has 0 fully saturated rings. The quantitative estimate of drug-likeness (QED) is 0.511. The van der Waals surface area contributed by atoms with Gasteiger partial charge >= 0.3 is 0 Å². The molecule has 7 heteroatoms.